The zero-order chi connectivity index (χ0) is 14.7. The van der Waals surface area contributed by atoms with Gasteiger partial charge in [-0.05, 0) is 45.3 Å². The van der Waals surface area contributed by atoms with Gasteiger partial charge in [0, 0.05) is 36.4 Å². The monoisotopic (exact) mass is 274 g/mol. The van der Waals surface area contributed by atoms with Gasteiger partial charge >= 0.3 is 0 Å². The molecular weight excluding hydrogens is 252 g/mol. The van der Waals surface area contributed by atoms with Crippen LogP contribution in [0.15, 0.2) is 24.4 Å². The van der Waals surface area contributed by atoms with Crippen LogP contribution in [0.1, 0.15) is 16.8 Å². The van der Waals surface area contributed by atoms with Gasteiger partial charge in [0.15, 0.2) is 0 Å². The second-order valence-corrected chi connectivity index (χ2v) is 5.39. The van der Waals surface area contributed by atoms with Crippen LogP contribution in [0.25, 0.3) is 10.9 Å². The number of carbonyl (C=O) groups is 1. The maximum atomic E-state index is 12.5. The van der Waals surface area contributed by atoms with Gasteiger partial charge in [0.1, 0.15) is 0 Å². The molecule has 1 heterocycles. The Bertz CT molecular complexity index is 603. The summed E-state index contributed by atoms with van der Waals surface area (Å²) in [5, 5.41) is 0.884. The van der Waals surface area contributed by atoms with E-state index in [1.807, 2.05) is 39.3 Å². The molecule has 2 rings (SSSR count). The number of benzene rings is 1. The van der Waals surface area contributed by atoms with Crippen molar-refractivity contribution < 1.29 is 4.79 Å². The average molecular weight is 274 g/mol. The number of nitrogens with two attached hydrogens (primary N) is 1. The molecule has 0 atom stereocenters. The highest BCUT2D eigenvalue weighted by Gasteiger charge is 2.16. The summed E-state index contributed by atoms with van der Waals surface area (Å²) in [6.07, 6.45) is 2.72. The fourth-order valence-corrected chi connectivity index (χ4v) is 2.25. The van der Waals surface area contributed by atoms with Gasteiger partial charge < -0.3 is 20.5 Å². The lowest BCUT2D eigenvalue weighted by Crippen LogP contribution is -2.29. The van der Waals surface area contributed by atoms with E-state index in [0.717, 1.165) is 30.4 Å². The molecule has 108 valence electrons. The molecule has 2 aromatic rings. The molecule has 0 aliphatic rings. The number of nitrogens with zero attached hydrogens (tertiary/aromatic N) is 2. The summed E-state index contributed by atoms with van der Waals surface area (Å²) in [6.45, 7) is 1.71. The number of rotatable bonds is 5. The second kappa shape index (κ2) is 5.96. The molecule has 0 aliphatic heterocycles. The normalized spacial score (nSPS) is 11.2. The minimum absolute atomic E-state index is 0.0283. The number of nitrogens with one attached hydrogen (secondary N) is 1. The van der Waals surface area contributed by atoms with Crippen molar-refractivity contribution in [1.29, 1.82) is 0 Å². The lowest BCUT2D eigenvalue weighted by Gasteiger charge is -2.18. The van der Waals surface area contributed by atoms with E-state index >= 15 is 0 Å². The Kier molecular flexibility index (Phi) is 4.29. The number of aromatic amines is 1. The Balaban J connectivity index is 2.12. The van der Waals surface area contributed by atoms with Gasteiger partial charge in [0.05, 0.1) is 5.56 Å². The molecule has 1 aromatic carbocycles. The first-order valence-electron chi connectivity index (χ1n) is 6.76. The molecule has 0 saturated heterocycles. The molecule has 1 aromatic heterocycles. The molecule has 20 heavy (non-hydrogen) atoms. The number of nitrogen functional groups attached to an aromatic ring is 1. The lowest BCUT2D eigenvalue weighted by molar-refractivity contribution is 0.0792. The molecular formula is C15H22N4O. The highest BCUT2D eigenvalue weighted by molar-refractivity contribution is 6.07. The summed E-state index contributed by atoms with van der Waals surface area (Å²) in [4.78, 5) is 19.4. The third kappa shape index (κ3) is 3.11. The van der Waals surface area contributed by atoms with E-state index in [1.165, 1.54) is 0 Å². The van der Waals surface area contributed by atoms with Crippen LogP contribution in [0, 0.1) is 0 Å². The molecule has 0 saturated carbocycles. The van der Waals surface area contributed by atoms with Crippen LogP contribution in [0.4, 0.5) is 5.69 Å². The first-order valence-corrected chi connectivity index (χ1v) is 6.76. The van der Waals surface area contributed by atoms with Crippen LogP contribution >= 0.6 is 0 Å². The first-order chi connectivity index (χ1) is 9.49. The van der Waals surface area contributed by atoms with E-state index in [0.29, 0.717) is 11.3 Å². The third-order valence-corrected chi connectivity index (χ3v) is 3.38. The van der Waals surface area contributed by atoms with E-state index in [-0.39, 0.29) is 5.91 Å². The van der Waals surface area contributed by atoms with E-state index in [1.54, 1.807) is 11.1 Å². The Morgan fingerprint density at radius 1 is 1.25 bits per heavy atom. The minimum atomic E-state index is 0.0283. The molecule has 0 spiro atoms. The van der Waals surface area contributed by atoms with Gasteiger partial charge in [-0.15, -0.1) is 0 Å². The summed E-state index contributed by atoms with van der Waals surface area (Å²) in [6, 6.07) is 5.56. The predicted molar refractivity (Wildman–Crippen MR) is 82.8 cm³/mol. The summed E-state index contributed by atoms with van der Waals surface area (Å²) >= 11 is 0. The molecule has 1 amide bonds. The van der Waals surface area contributed by atoms with Gasteiger partial charge in [-0.25, -0.2) is 0 Å². The van der Waals surface area contributed by atoms with Crippen LogP contribution < -0.4 is 5.73 Å². The molecule has 0 unspecified atom stereocenters. The lowest BCUT2D eigenvalue weighted by atomic mass is 10.1. The highest BCUT2D eigenvalue weighted by atomic mass is 16.2. The van der Waals surface area contributed by atoms with Crippen LogP contribution in [0.5, 0.6) is 0 Å². The van der Waals surface area contributed by atoms with E-state index in [9.17, 15) is 4.79 Å². The second-order valence-electron chi connectivity index (χ2n) is 5.39. The molecule has 0 bridgehead atoms. The number of fused-ring (bicyclic) bond motifs is 1. The summed E-state index contributed by atoms with van der Waals surface area (Å²) in [5.74, 6) is 0.0283. The summed E-state index contributed by atoms with van der Waals surface area (Å²) < 4.78 is 0. The van der Waals surface area contributed by atoms with Crippen LogP contribution in [-0.2, 0) is 0 Å². The van der Waals surface area contributed by atoms with Crippen molar-refractivity contribution in [1.82, 2.24) is 14.8 Å². The van der Waals surface area contributed by atoms with Crippen molar-refractivity contribution in [3.63, 3.8) is 0 Å². The Hall–Kier alpha value is -2.01. The number of carbonyl (C=O) groups excluding carboxylic acids is 1. The van der Waals surface area contributed by atoms with Gasteiger partial charge in [-0.2, -0.15) is 0 Å². The zero-order valence-corrected chi connectivity index (χ0v) is 12.3. The number of H-pyrrole nitrogens is 1. The maximum absolute atomic E-state index is 12.5. The van der Waals surface area contributed by atoms with E-state index in [2.05, 4.69) is 9.88 Å². The Morgan fingerprint density at radius 2 is 2.00 bits per heavy atom. The van der Waals surface area contributed by atoms with Crippen LogP contribution in [0.3, 0.4) is 0 Å². The predicted octanol–water partition coefficient (Wildman–Crippen LogP) is 1.77. The highest BCUT2D eigenvalue weighted by Crippen LogP contribution is 2.22. The maximum Gasteiger partial charge on any atom is 0.255 e. The molecule has 5 nitrogen and oxygen atoms in total. The zero-order valence-electron chi connectivity index (χ0n) is 12.3. The van der Waals surface area contributed by atoms with Crippen LogP contribution in [0.2, 0.25) is 0 Å². The third-order valence-electron chi connectivity index (χ3n) is 3.38. The van der Waals surface area contributed by atoms with Crippen molar-refractivity contribution in [3.05, 3.63) is 30.0 Å². The molecule has 0 radical (unpaired) electrons. The Labute approximate surface area is 119 Å². The van der Waals surface area contributed by atoms with Gasteiger partial charge in [-0.3, -0.25) is 4.79 Å². The number of hydrogen-bond acceptors (Lipinski definition) is 3. The Morgan fingerprint density at radius 3 is 2.70 bits per heavy atom. The van der Waals surface area contributed by atoms with E-state index in [4.69, 9.17) is 5.73 Å². The smallest absolute Gasteiger partial charge is 0.255 e. The van der Waals surface area contributed by atoms with Crippen molar-refractivity contribution in [2.75, 3.05) is 40.0 Å². The fraction of sp³-hybridized carbons (Fsp3) is 0.400. The largest absolute Gasteiger partial charge is 0.399 e. The molecule has 0 aliphatic carbocycles. The number of anilines is 1. The summed E-state index contributed by atoms with van der Waals surface area (Å²) in [7, 11) is 5.90. The quantitative estimate of drug-likeness (QED) is 0.817. The van der Waals surface area contributed by atoms with Crippen molar-refractivity contribution >= 4 is 22.5 Å². The summed E-state index contributed by atoms with van der Waals surface area (Å²) in [5.41, 5.74) is 8.08. The topological polar surface area (TPSA) is 65.4 Å². The first kappa shape index (κ1) is 14.4. The van der Waals surface area contributed by atoms with Crippen molar-refractivity contribution in [3.8, 4) is 0 Å². The van der Waals surface area contributed by atoms with Gasteiger partial charge in [-0.1, -0.05) is 0 Å². The average Bonchev–Trinajstić information content (AvgIpc) is 2.80. The standard InChI is InChI=1S/C15H22N4O/c1-18(2)7-4-8-19(3)15(20)13-10-17-14-6-5-11(16)9-12(13)14/h5-6,9-10,17H,4,7-8,16H2,1-3H3. The fourth-order valence-electron chi connectivity index (χ4n) is 2.25. The number of amides is 1. The SMILES string of the molecule is CN(C)CCCN(C)C(=O)c1c[nH]c2ccc(N)cc12. The van der Waals surface area contributed by atoms with Crippen molar-refractivity contribution in [2.45, 2.75) is 6.42 Å². The number of hydrogen-bond donors (Lipinski definition) is 2. The van der Waals surface area contributed by atoms with Gasteiger partial charge in [0.2, 0.25) is 0 Å². The number of aromatic nitrogens is 1. The van der Waals surface area contributed by atoms with E-state index < -0.39 is 0 Å². The molecule has 0 fully saturated rings. The molecule has 3 N–H and O–H groups in total. The molecule has 5 heteroatoms. The van der Waals surface area contributed by atoms with Gasteiger partial charge in [0.25, 0.3) is 5.91 Å². The van der Waals surface area contributed by atoms with Crippen LogP contribution in [-0.4, -0.2) is 54.9 Å². The minimum Gasteiger partial charge on any atom is -0.399 e. The van der Waals surface area contributed by atoms with Crippen molar-refractivity contribution in [2.24, 2.45) is 0 Å².